The highest BCUT2D eigenvalue weighted by molar-refractivity contribution is 9.10. The van der Waals surface area contributed by atoms with Gasteiger partial charge in [0.2, 0.25) is 0 Å². The Labute approximate surface area is 104 Å². The summed E-state index contributed by atoms with van der Waals surface area (Å²) in [6.45, 7) is 1.91. The molecule has 0 aliphatic heterocycles. The maximum atomic E-state index is 13.4. The fourth-order valence-corrected chi connectivity index (χ4v) is 2.05. The molecule has 0 saturated carbocycles. The summed E-state index contributed by atoms with van der Waals surface area (Å²) < 4.78 is 13.8. The van der Waals surface area contributed by atoms with Gasteiger partial charge in [-0.2, -0.15) is 5.10 Å². The van der Waals surface area contributed by atoms with Gasteiger partial charge >= 0.3 is 0 Å². The SMILES string of the molecule is Cc1[nH]ncc1-c1nc2cc(Br)c(F)cc2[nH]1. The lowest BCUT2D eigenvalue weighted by atomic mass is 10.2. The number of rotatable bonds is 1. The summed E-state index contributed by atoms with van der Waals surface area (Å²) in [7, 11) is 0. The minimum atomic E-state index is -0.309. The van der Waals surface area contributed by atoms with Gasteiger partial charge in [0.1, 0.15) is 11.6 Å². The third kappa shape index (κ3) is 1.64. The van der Waals surface area contributed by atoms with Crippen LogP contribution >= 0.6 is 15.9 Å². The number of nitrogens with one attached hydrogen (secondary N) is 2. The molecular weight excluding hydrogens is 287 g/mol. The molecule has 2 N–H and O–H groups in total. The number of imidazole rings is 1. The summed E-state index contributed by atoms with van der Waals surface area (Å²) in [4.78, 5) is 7.48. The smallest absolute Gasteiger partial charge is 0.141 e. The van der Waals surface area contributed by atoms with Gasteiger partial charge in [-0.1, -0.05) is 0 Å². The molecule has 3 rings (SSSR count). The van der Waals surface area contributed by atoms with Crippen molar-refractivity contribution in [3.8, 4) is 11.4 Å². The molecule has 4 nitrogen and oxygen atoms in total. The van der Waals surface area contributed by atoms with Crippen molar-refractivity contribution < 1.29 is 4.39 Å². The first kappa shape index (κ1) is 10.5. The van der Waals surface area contributed by atoms with Crippen LogP contribution in [0.25, 0.3) is 22.4 Å². The average molecular weight is 295 g/mol. The molecule has 0 aliphatic rings. The van der Waals surface area contributed by atoms with E-state index in [-0.39, 0.29) is 5.82 Å². The van der Waals surface area contributed by atoms with Crippen molar-refractivity contribution >= 4 is 27.0 Å². The Morgan fingerprint density at radius 3 is 2.88 bits per heavy atom. The predicted octanol–water partition coefficient (Wildman–Crippen LogP) is 3.16. The lowest BCUT2D eigenvalue weighted by Crippen LogP contribution is -1.80. The fourth-order valence-electron chi connectivity index (χ4n) is 1.72. The number of aryl methyl sites for hydroxylation is 1. The Morgan fingerprint density at radius 1 is 1.35 bits per heavy atom. The first-order chi connectivity index (χ1) is 8.15. The summed E-state index contributed by atoms with van der Waals surface area (Å²) in [5, 5.41) is 6.78. The molecule has 86 valence electrons. The fraction of sp³-hybridized carbons (Fsp3) is 0.0909. The number of hydrogen-bond donors (Lipinski definition) is 2. The number of hydrogen-bond acceptors (Lipinski definition) is 2. The van der Waals surface area contributed by atoms with Gasteiger partial charge in [-0.05, 0) is 28.9 Å². The Morgan fingerprint density at radius 2 is 2.18 bits per heavy atom. The van der Waals surface area contributed by atoms with Crippen LogP contribution in [0.2, 0.25) is 0 Å². The first-order valence-electron chi connectivity index (χ1n) is 5.00. The molecule has 0 spiro atoms. The van der Waals surface area contributed by atoms with Crippen LogP contribution < -0.4 is 0 Å². The summed E-state index contributed by atoms with van der Waals surface area (Å²) in [6.07, 6.45) is 1.69. The molecule has 0 unspecified atom stereocenters. The average Bonchev–Trinajstić information content (AvgIpc) is 2.85. The maximum Gasteiger partial charge on any atom is 0.141 e. The van der Waals surface area contributed by atoms with Gasteiger partial charge in [0, 0.05) is 11.8 Å². The van der Waals surface area contributed by atoms with E-state index in [1.807, 2.05) is 6.92 Å². The van der Waals surface area contributed by atoms with Crippen LogP contribution in [-0.2, 0) is 0 Å². The van der Waals surface area contributed by atoms with Gasteiger partial charge < -0.3 is 4.98 Å². The number of halogens is 2. The molecule has 0 fully saturated rings. The van der Waals surface area contributed by atoms with Crippen molar-refractivity contribution in [2.75, 3.05) is 0 Å². The summed E-state index contributed by atoms with van der Waals surface area (Å²) in [5.41, 5.74) is 3.19. The number of aromatic nitrogens is 4. The van der Waals surface area contributed by atoms with Gasteiger partial charge in [0.25, 0.3) is 0 Å². The third-order valence-corrected chi connectivity index (χ3v) is 3.22. The quantitative estimate of drug-likeness (QED) is 0.724. The topological polar surface area (TPSA) is 57.4 Å². The highest BCUT2D eigenvalue weighted by Gasteiger charge is 2.11. The first-order valence-corrected chi connectivity index (χ1v) is 5.79. The number of H-pyrrole nitrogens is 2. The van der Waals surface area contributed by atoms with Gasteiger partial charge in [0.05, 0.1) is 27.3 Å². The van der Waals surface area contributed by atoms with Crippen molar-refractivity contribution in [1.82, 2.24) is 20.2 Å². The third-order valence-electron chi connectivity index (χ3n) is 2.61. The molecule has 0 radical (unpaired) electrons. The van der Waals surface area contributed by atoms with Crippen molar-refractivity contribution in [2.45, 2.75) is 6.92 Å². The van der Waals surface area contributed by atoms with Crippen LogP contribution in [0.4, 0.5) is 4.39 Å². The molecule has 6 heteroatoms. The lowest BCUT2D eigenvalue weighted by Gasteiger charge is -1.92. The second-order valence-corrected chi connectivity index (χ2v) is 4.63. The van der Waals surface area contributed by atoms with E-state index in [2.05, 4.69) is 36.1 Å². The van der Waals surface area contributed by atoms with Crippen LogP contribution in [0.1, 0.15) is 5.69 Å². The predicted molar refractivity (Wildman–Crippen MR) is 66.1 cm³/mol. The van der Waals surface area contributed by atoms with Gasteiger partial charge in [-0.25, -0.2) is 9.37 Å². The molecule has 2 aromatic heterocycles. The molecule has 0 saturated heterocycles. The van der Waals surface area contributed by atoms with Gasteiger partial charge in [-0.15, -0.1) is 0 Å². The van der Waals surface area contributed by atoms with E-state index >= 15 is 0 Å². The summed E-state index contributed by atoms with van der Waals surface area (Å²) >= 11 is 3.14. The van der Waals surface area contributed by atoms with E-state index in [1.54, 1.807) is 12.3 Å². The Hall–Kier alpha value is -1.69. The molecule has 0 bridgehead atoms. The Bertz CT molecular complexity index is 662. The highest BCUT2D eigenvalue weighted by atomic mass is 79.9. The zero-order chi connectivity index (χ0) is 12.0. The van der Waals surface area contributed by atoms with Gasteiger partial charge in [-0.3, -0.25) is 5.10 Å². The molecule has 0 atom stereocenters. The van der Waals surface area contributed by atoms with E-state index in [0.29, 0.717) is 21.3 Å². The van der Waals surface area contributed by atoms with Crippen molar-refractivity contribution in [3.05, 3.63) is 34.3 Å². The Balaban J connectivity index is 2.24. The molecule has 1 aromatic carbocycles. The molecule has 3 aromatic rings. The molecule has 17 heavy (non-hydrogen) atoms. The number of nitrogens with zero attached hydrogens (tertiary/aromatic N) is 2. The zero-order valence-electron chi connectivity index (χ0n) is 8.88. The second-order valence-electron chi connectivity index (χ2n) is 3.78. The minimum Gasteiger partial charge on any atom is -0.338 e. The van der Waals surface area contributed by atoms with E-state index in [9.17, 15) is 4.39 Å². The van der Waals surface area contributed by atoms with E-state index in [4.69, 9.17) is 0 Å². The highest BCUT2D eigenvalue weighted by Crippen LogP contribution is 2.25. The maximum absolute atomic E-state index is 13.4. The zero-order valence-corrected chi connectivity index (χ0v) is 10.5. The minimum absolute atomic E-state index is 0.309. The van der Waals surface area contributed by atoms with Crippen LogP contribution in [-0.4, -0.2) is 20.2 Å². The summed E-state index contributed by atoms with van der Waals surface area (Å²) in [6, 6.07) is 3.07. The largest absolute Gasteiger partial charge is 0.338 e. The van der Waals surface area contributed by atoms with E-state index in [0.717, 1.165) is 11.3 Å². The van der Waals surface area contributed by atoms with Crippen LogP contribution in [0, 0.1) is 12.7 Å². The van der Waals surface area contributed by atoms with Crippen molar-refractivity contribution in [3.63, 3.8) is 0 Å². The van der Waals surface area contributed by atoms with Crippen LogP contribution in [0.15, 0.2) is 22.8 Å². The number of benzene rings is 1. The van der Waals surface area contributed by atoms with E-state index < -0.39 is 0 Å². The number of aromatic amines is 2. The van der Waals surface area contributed by atoms with Crippen LogP contribution in [0.3, 0.4) is 0 Å². The summed E-state index contributed by atoms with van der Waals surface area (Å²) in [5.74, 6) is 0.375. The standard InChI is InChI=1S/C11H8BrFN4/c1-5-6(4-14-17-5)11-15-9-2-7(12)8(13)3-10(9)16-11/h2-4H,1H3,(H,14,17)(H,15,16). The van der Waals surface area contributed by atoms with Gasteiger partial charge in [0.15, 0.2) is 0 Å². The molecule has 0 amide bonds. The second kappa shape index (κ2) is 3.66. The molecule has 0 aliphatic carbocycles. The monoisotopic (exact) mass is 294 g/mol. The van der Waals surface area contributed by atoms with Crippen molar-refractivity contribution in [2.24, 2.45) is 0 Å². The van der Waals surface area contributed by atoms with Crippen LogP contribution in [0.5, 0.6) is 0 Å². The Kier molecular flexibility index (Phi) is 2.25. The molecular formula is C11H8BrFN4. The van der Waals surface area contributed by atoms with E-state index in [1.165, 1.54) is 6.07 Å². The lowest BCUT2D eigenvalue weighted by molar-refractivity contribution is 0.623. The van der Waals surface area contributed by atoms with Crippen molar-refractivity contribution in [1.29, 1.82) is 0 Å². The normalized spacial score (nSPS) is 11.2. The number of fused-ring (bicyclic) bond motifs is 1. The molecule has 2 heterocycles.